The van der Waals surface area contributed by atoms with Crippen LogP contribution in [0.4, 0.5) is 5.82 Å². The Kier molecular flexibility index (Phi) is 10.4. The molecule has 1 fully saturated rings. The van der Waals surface area contributed by atoms with Crippen LogP contribution in [0, 0.1) is 0 Å². The van der Waals surface area contributed by atoms with Crippen molar-refractivity contribution in [3.63, 3.8) is 0 Å². The topological polar surface area (TPSA) is 119 Å². The molecular weight excluding hydrogens is 558 g/mol. The molecule has 0 bridgehead atoms. The molecule has 1 amide bonds. The number of amides is 1. The van der Waals surface area contributed by atoms with Crippen LogP contribution in [0.3, 0.4) is 0 Å². The lowest BCUT2D eigenvalue weighted by Crippen LogP contribution is -2.49. The first kappa shape index (κ1) is 31.4. The standard InChI is InChI=1S/C33H43N7O4/c1-37-16-18-38(19-17-37)23-29(41)39(22-25-11-9-24(10-12-25)21-30(42)44-3)14-6-15-40-28(13-20-43-2)36-31-32(40)26-7-4-5-8-27(26)35-33(31)34/h4-5,7-12H,6,13-23H2,1-3H3,(H2,34,35). The van der Waals surface area contributed by atoms with Gasteiger partial charge < -0.3 is 29.6 Å². The normalized spacial score (nSPS) is 14.3. The van der Waals surface area contributed by atoms with Crippen LogP contribution in [-0.2, 0) is 45.0 Å². The molecule has 2 N–H and O–H groups in total. The first-order chi connectivity index (χ1) is 21.4. The van der Waals surface area contributed by atoms with Gasteiger partial charge in [-0.2, -0.15) is 0 Å². The number of likely N-dealkylation sites (N-methyl/N-ethyl adjacent to an activating group) is 1. The minimum Gasteiger partial charge on any atom is -0.469 e. The lowest BCUT2D eigenvalue weighted by molar-refractivity contribution is -0.139. The zero-order valence-corrected chi connectivity index (χ0v) is 26.0. The van der Waals surface area contributed by atoms with E-state index in [4.69, 9.17) is 20.2 Å². The number of fused-ring (bicyclic) bond motifs is 3. The largest absolute Gasteiger partial charge is 0.469 e. The van der Waals surface area contributed by atoms with Crippen molar-refractivity contribution in [1.29, 1.82) is 0 Å². The highest BCUT2D eigenvalue weighted by Gasteiger charge is 2.22. The van der Waals surface area contributed by atoms with Crippen LogP contribution in [-0.4, -0.2) is 108 Å². The zero-order chi connectivity index (χ0) is 31.1. The van der Waals surface area contributed by atoms with Crippen molar-refractivity contribution >= 4 is 39.6 Å². The van der Waals surface area contributed by atoms with Gasteiger partial charge in [0.05, 0.1) is 37.7 Å². The smallest absolute Gasteiger partial charge is 0.309 e. The number of methoxy groups -OCH3 is 2. The van der Waals surface area contributed by atoms with Gasteiger partial charge in [-0.25, -0.2) is 9.97 Å². The molecule has 1 saturated heterocycles. The molecule has 4 aromatic rings. The Hall–Kier alpha value is -4.06. The average Bonchev–Trinajstić information content (AvgIpc) is 3.40. The summed E-state index contributed by atoms with van der Waals surface area (Å²) in [5.74, 6) is 1.14. The number of benzene rings is 2. The number of anilines is 1. The van der Waals surface area contributed by atoms with E-state index in [-0.39, 0.29) is 18.3 Å². The number of ether oxygens (including phenoxy) is 2. The number of carbonyl (C=O) groups is 2. The first-order valence-corrected chi connectivity index (χ1v) is 15.2. The van der Waals surface area contributed by atoms with Crippen LogP contribution >= 0.6 is 0 Å². The van der Waals surface area contributed by atoms with Crippen LogP contribution in [0.1, 0.15) is 23.4 Å². The number of imidazole rings is 1. The van der Waals surface area contributed by atoms with Crippen LogP contribution in [0.15, 0.2) is 48.5 Å². The van der Waals surface area contributed by atoms with Crippen LogP contribution in [0.5, 0.6) is 0 Å². The summed E-state index contributed by atoms with van der Waals surface area (Å²) < 4.78 is 12.4. The number of nitrogens with zero attached hydrogens (tertiary/aromatic N) is 6. The van der Waals surface area contributed by atoms with E-state index in [0.717, 1.165) is 66.0 Å². The second-order valence-electron chi connectivity index (χ2n) is 11.5. The fourth-order valence-corrected chi connectivity index (χ4v) is 5.76. The van der Waals surface area contributed by atoms with Gasteiger partial charge >= 0.3 is 5.97 Å². The summed E-state index contributed by atoms with van der Waals surface area (Å²) in [6.45, 7) is 6.35. The van der Waals surface area contributed by atoms with Crippen molar-refractivity contribution in [2.45, 2.75) is 32.4 Å². The van der Waals surface area contributed by atoms with E-state index in [9.17, 15) is 9.59 Å². The van der Waals surface area contributed by atoms with Gasteiger partial charge in [-0.3, -0.25) is 14.5 Å². The summed E-state index contributed by atoms with van der Waals surface area (Å²) in [6, 6.07) is 15.8. The quantitative estimate of drug-likeness (QED) is 0.231. The highest BCUT2D eigenvalue weighted by atomic mass is 16.5. The molecule has 3 heterocycles. The summed E-state index contributed by atoms with van der Waals surface area (Å²) in [5.41, 5.74) is 10.8. The predicted octanol–water partition coefficient (Wildman–Crippen LogP) is 2.74. The van der Waals surface area contributed by atoms with Crippen LogP contribution < -0.4 is 5.73 Å². The minimum absolute atomic E-state index is 0.113. The van der Waals surface area contributed by atoms with E-state index in [1.807, 2.05) is 47.4 Å². The van der Waals surface area contributed by atoms with Gasteiger partial charge in [-0.15, -0.1) is 0 Å². The van der Waals surface area contributed by atoms with Crippen molar-refractivity contribution in [3.05, 3.63) is 65.5 Å². The second kappa shape index (κ2) is 14.6. The number of nitrogens with two attached hydrogens (primary N) is 1. The van der Waals surface area contributed by atoms with Crippen molar-refractivity contribution in [2.75, 3.05) is 72.9 Å². The Morgan fingerprint density at radius 2 is 1.70 bits per heavy atom. The Bertz CT molecular complexity index is 1580. The molecule has 44 heavy (non-hydrogen) atoms. The van der Waals surface area contributed by atoms with E-state index in [1.54, 1.807) is 7.11 Å². The number of nitrogen functional groups attached to an aromatic ring is 1. The van der Waals surface area contributed by atoms with E-state index in [2.05, 4.69) is 32.5 Å². The molecule has 0 radical (unpaired) electrons. The maximum atomic E-state index is 13.7. The Balaban J connectivity index is 1.36. The molecule has 0 saturated carbocycles. The van der Waals surface area contributed by atoms with Crippen LogP contribution in [0.2, 0.25) is 0 Å². The van der Waals surface area contributed by atoms with Gasteiger partial charge in [0.25, 0.3) is 0 Å². The molecule has 2 aromatic carbocycles. The van der Waals surface area contributed by atoms with Crippen molar-refractivity contribution in [1.82, 2.24) is 29.2 Å². The number of piperazine rings is 1. The van der Waals surface area contributed by atoms with E-state index in [0.29, 0.717) is 50.5 Å². The highest BCUT2D eigenvalue weighted by Crippen LogP contribution is 2.29. The molecule has 2 aromatic heterocycles. The third-order valence-corrected chi connectivity index (χ3v) is 8.31. The molecule has 1 aliphatic rings. The third kappa shape index (κ3) is 7.53. The third-order valence-electron chi connectivity index (χ3n) is 8.31. The SMILES string of the molecule is COCCc1nc2c(N)nc3ccccc3c2n1CCCN(Cc1ccc(CC(=O)OC)cc1)C(=O)CN1CCN(C)CC1. The van der Waals surface area contributed by atoms with Crippen molar-refractivity contribution < 1.29 is 19.1 Å². The number of para-hydroxylation sites is 1. The van der Waals surface area contributed by atoms with E-state index < -0.39 is 0 Å². The number of aromatic nitrogens is 3. The van der Waals surface area contributed by atoms with Gasteiger partial charge in [-0.1, -0.05) is 42.5 Å². The molecule has 11 nitrogen and oxygen atoms in total. The summed E-state index contributed by atoms with van der Waals surface area (Å²) >= 11 is 0. The Morgan fingerprint density at radius 3 is 2.43 bits per heavy atom. The van der Waals surface area contributed by atoms with Gasteiger partial charge in [0, 0.05) is 64.7 Å². The monoisotopic (exact) mass is 601 g/mol. The Labute approximate surface area is 258 Å². The van der Waals surface area contributed by atoms with Gasteiger partial charge in [0.2, 0.25) is 5.91 Å². The number of carbonyl (C=O) groups excluding carboxylic acids is 2. The van der Waals surface area contributed by atoms with E-state index in [1.165, 1.54) is 7.11 Å². The summed E-state index contributed by atoms with van der Waals surface area (Å²) in [5, 5.41) is 1.00. The highest BCUT2D eigenvalue weighted by molar-refractivity contribution is 6.06. The van der Waals surface area contributed by atoms with Gasteiger partial charge in [0.15, 0.2) is 5.82 Å². The molecule has 5 rings (SSSR count). The minimum atomic E-state index is -0.274. The van der Waals surface area contributed by atoms with Gasteiger partial charge in [-0.05, 0) is 30.7 Å². The first-order valence-electron chi connectivity index (χ1n) is 15.2. The van der Waals surface area contributed by atoms with E-state index >= 15 is 0 Å². The number of hydrogen-bond acceptors (Lipinski definition) is 9. The fraction of sp³-hybridized carbons (Fsp3) is 0.455. The molecule has 0 atom stereocenters. The number of esters is 1. The molecule has 234 valence electrons. The fourth-order valence-electron chi connectivity index (χ4n) is 5.76. The molecule has 0 spiro atoms. The molecule has 0 aliphatic carbocycles. The number of aryl methyl sites for hydroxylation is 1. The summed E-state index contributed by atoms with van der Waals surface area (Å²) in [7, 11) is 5.19. The van der Waals surface area contributed by atoms with Crippen LogP contribution in [0.25, 0.3) is 21.9 Å². The maximum Gasteiger partial charge on any atom is 0.309 e. The second-order valence-corrected chi connectivity index (χ2v) is 11.5. The number of hydrogen-bond donors (Lipinski definition) is 1. The predicted molar refractivity (Wildman–Crippen MR) is 171 cm³/mol. The molecular formula is C33H43N7O4. The van der Waals surface area contributed by atoms with Crippen molar-refractivity contribution in [2.24, 2.45) is 0 Å². The van der Waals surface area contributed by atoms with Gasteiger partial charge in [0.1, 0.15) is 11.3 Å². The summed E-state index contributed by atoms with van der Waals surface area (Å²) in [6.07, 6.45) is 1.60. The maximum absolute atomic E-state index is 13.7. The van der Waals surface area contributed by atoms with Crippen molar-refractivity contribution in [3.8, 4) is 0 Å². The summed E-state index contributed by atoms with van der Waals surface area (Å²) in [4.78, 5) is 41.4. The molecule has 0 unspecified atom stereocenters. The molecule has 1 aliphatic heterocycles. The lowest BCUT2D eigenvalue weighted by Gasteiger charge is -2.33. The number of rotatable bonds is 13. The zero-order valence-electron chi connectivity index (χ0n) is 26.0. The number of pyridine rings is 1. The Morgan fingerprint density at radius 1 is 0.977 bits per heavy atom. The lowest BCUT2D eigenvalue weighted by atomic mass is 10.1. The average molecular weight is 602 g/mol. The molecule has 11 heteroatoms.